The topological polar surface area (TPSA) is 39.1 Å². The smallest absolute Gasteiger partial charge is 0.257 e. The van der Waals surface area contributed by atoms with Crippen LogP contribution in [-0.4, -0.2) is 36.0 Å². The Kier molecular flexibility index (Phi) is 4.48. The first-order chi connectivity index (χ1) is 7.11. The molecule has 0 bridgehead atoms. The van der Waals surface area contributed by atoms with E-state index < -0.39 is 6.43 Å². The van der Waals surface area contributed by atoms with Crippen molar-refractivity contribution in [3.05, 3.63) is 12.4 Å². The van der Waals surface area contributed by atoms with E-state index in [0.29, 0.717) is 6.61 Å². The minimum absolute atomic E-state index is 0.124. The van der Waals surface area contributed by atoms with Crippen molar-refractivity contribution in [2.24, 2.45) is 0 Å². The highest BCUT2D eigenvalue weighted by atomic mass is 19.3. The minimum Gasteiger partial charge on any atom is -0.383 e. The van der Waals surface area contributed by atoms with Crippen LogP contribution >= 0.6 is 0 Å². The van der Waals surface area contributed by atoms with Crippen LogP contribution in [0.3, 0.4) is 0 Å². The van der Waals surface area contributed by atoms with Crippen molar-refractivity contribution < 1.29 is 13.5 Å². The number of nitrogens with one attached hydrogen (secondary N) is 1. The Balaban J connectivity index is 2.45. The van der Waals surface area contributed by atoms with Crippen molar-refractivity contribution in [3.8, 4) is 0 Å². The van der Waals surface area contributed by atoms with E-state index in [9.17, 15) is 8.78 Å². The highest BCUT2D eigenvalue weighted by Gasteiger charge is 2.07. The Hall–Kier alpha value is -1.17. The molecule has 4 nitrogen and oxygen atoms in total. The number of rotatable bonds is 6. The van der Waals surface area contributed by atoms with Gasteiger partial charge in [-0.2, -0.15) is 5.10 Å². The highest BCUT2D eigenvalue weighted by molar-refractivity contribution is 5.39. The molecule has 0 saturated carbocycles. The molecule has 0 fully saturated rings. The van der Waals surface area contributed by atoms with Crippen LogP contribution in [0.15, 0.2) is 12.4 Å². The van der Waals surface area contributed by atoms with Gasteiger partial charge in [0.15, 0.2) is 0 Å². The predicted molar refractivity (Wildman–Crippen MR) is 53.2 cm³/mol. The zero-order chi connectivity index (χ0) is 11.3. The van der Waals surface area contributed by atoms with Gasteiger partial charge in [-0.1, -0.05) is 0 Å². The largest absolute Gasteiger partial charge is 0.383 e. The molecule has 1 rings (SSSR count). The summed E-state index contributed by atoms with van der Waals surface area (Å²) in [5.74, 6) is 0. The molecule has 0 radical (unpaired) electrons. The number of hydrogen-bond acceptors (Lipinski definition) is 3. The summed E-state index contributed by atoms with van der Waals surface area (Å²) in [4.78, 5) is 0. The number of hydrogen-bond donors (Lipinski definition) is 1. The van der Waals surface area contributed by atoms with Crippen LogP contribution in [0.25, 0.3) is 0 Å². The van der Waals surface area contributed by atoms with Crippen LogP contribution in [0.4, 0.5) is 14.5 Å². The first-order valence-corrected chi connectivity index (χ1v) is 4.68. The molecule has 0 saturated heterocycles. The summed E-state index contributed by atoms with van der Waals surface area (Å²) in [7, 11) is 1.61. The maximum absolute atomic E-state index is 12.0. The van der Waals surface area contributed by atoms with Crippen LogP contribution in [0.2, 0.25) is 0 Å². The van der Waals surface area contributed by atoms with Gasteiger partial charge in [-0.25, -0.2) is 8.78 Å². The Morgan fingerprint density at radius 3 is 2.93 bits per heavy atom. The molecule has 0 aliphatic rings. The van der Waals surface area contributed by atoms with E-state index in [4.69, 9.17) is 4.74 Å². The fraction of sp³-hybridized carbons (Fsp3) is 0.667. The van der Waals surface area contributed by atoms with E-state index in [1.165, 1.54) is 10.9 Å². The van der Waals surface area contributed by atoms with Gasteiger partial charge in [0, 0.05) is 19.3 Å². The molecular weight excluding hydrogens is 204 g/mol. The second-order valence-electron chi connectivity index (χ2n) is 3.34. The Morgan fingerprint density at radius 2 is 2.33 bits per heavy atom. The normalized spacial score (nSPS) is 13.1. The van der Waals surface area contributed by atoms with Gasteiger partial charge < -0.3 is 10.1 Å². The lowest BCUT2D eigenvalue weighted by molar-refractivity contribution is 0.122. The van der Waals surface area contributed by atoms with Gasteiger partial charge in [-0.3, -0.25) is 4.68 Å². The molecule has 0 aliphatic carbocycles. The predicted octanol–water partition coefficient (Wildman–Crippen LogP) is 1.59. The molecule has 0 aliphatic heterocycles. The average molecular weight is 219 g/mol. The van der Waals surface area contributed by atoms with Crippen LogP contribution in [0.1, 0.15) is 6.92 Å². The molecule has 0 amide bonds. The molecule has 0 spiro atoms. The fourth-order valence-corrected chi connectivity index (χ4v) is 1.26. The maximum atomic E-state index is 12.0. The second-order valence-corrected chi connectivity index (χ2v) is 3.34. The summed E-state index contributed by atoms with van der Waals surface area (Å²) in [5.41, 5.74) is 0.722. The van der Waals surface area contributed by atoms with E-state index in [-0.39, 0.29) is 12.6 Å². The number of aromatic nitrogens is 2. The van der Waals surface area contributed by atoms with Crippen molar-refractivity contribution in [2.75, 3.05) is 19.0 Å². The monoisotopic (exact) mass is 219 g/mol. The van der Waals surface area contributed by atoms with Gasteiger partial charge in [-0.05, 0) is 6.92 Å². The Morgan fingerprint density at radius 1 is 1.60 bits per heavy atom. The van der Waals surface area contributed by atoms with Crippen LogP contribution in [0, 0.1) is 0 Å². The summed E-state index contributed by atoms with van der Waals surface area (Å²) >= 11 is 0. The van der Waals surface area contributed by atoms with E-state index in [1.54, 1.807) is 13.3 Å². The number of ether oxygens (including phenoxy) is 1. The SMILES string of the molecule is COCC(C)Nc1cnn(CC(F)F)c1. The summed E-state index contributed by atoms with van der Waals surface area (Å²) in [6, 6.07) is 0.124. The molecule has 1 N–H and O–H groups in total. The summed E-state index contributed by atoms with van der Waals surface area (Å²) in [5, 5.41) is 6.89. The third-order valence-electron chi connectivity index (χ3n) is 1.79. The molecule has 1 unspecified atom stereocenters. The van der Waals surface area contributed by atoms with Gasteiger partial charge in [0.1, 0.15) is 6.54 Å². The standard InChI is InChI=1S/C9H15F2N3O/c1-7(6-15-2)13-8-3-12-14(4-8)5-9(10)11/h3-4,7,9,13H,5-6H2,1-2H3. The lowest BCUT2D eigenvalue weighted by Gasteiger charge is -2.11. The summed E-state index contributed by atoms with van der Waals surface area (Å²) in [6.45, 7) is 2.12. The quantitative estimate of drug-likeness (QED) is 0.789. The van der Waals surface area contributed by atoms with Crippen LogP contribution < -0.4 is 5.32 Å². The van der Waals surface area contributed by atoms with Crippen LogP contribution in [0.5, 0.6) is 0 Å². The van der Waals surface area contributed by atoms with E-state index in [2.05, 4.69) is 10.4 Å². The molecule has 1 aromatic heterocycles. The van der Waals surface area contributed by atoms with Crippen LogP contribution in [-0.2, 0) is 11.3 Å². The molecule has 0 aromatic carbocycles. The van der Waals surface area contributed by atoms with E-state index in [1.807, 2.05) is 6.92 Å². The van der Waals surface area contributed by atoms with Gasteiger partial charge in [0.2, 0.25) is 0 Å². The minimum atomic E-state index is -2.38. The zero-order valence-corrected chi connectivity index (χ0v) is 8.78. The van der Waals surface area contributed by atoms with Crippen molar-refractivity contribution in [2.45, 2.75) is 25.9 Å². The average Bonchev–Trinajstić information content (AvgIpc) is 2.51. The summed E-state index contributed by atoms with van der Waals surface area (Å²) < 4.78 is 30.2. The molecular formula is C9H15F2N3O. The number of nitrogens with zero attached hydrogens (tertiary/aromatic N) is 2. The first kappa shape index (κ1) is 11.9. The third kappa shape index (κ3) is 4.24. The molecule has 1 atom stereocenters. The van der Waals surface area contributed by atoms with Gasteiger partial charge >= 0.3 is 0 Å². The lowest BCUT2D eigenvalue weighted by Crippen LogP contribution is -2.20. The number of alkyl halides is 2. The fourth-order valence-electron chi connectivity index (χ4n) is 1.26. The molecule has 1 heterocycles. The van der Waals surface area contributed by atoms with Gasteiger partial charge in [0.25, 0.3) is 6.43 Å². The summed E-state index contributed by atoms with van der Waals surface area (Å²) in [6.07, 6.45) is 0.696. The van der Waals surface area contributed by atoms with E-state index >= 15 is 0 Å². The molecule has 1 aromatic rings. The van der Waals surface area contributed by atoms with E-state index in [0.717, 1.165) is 5.69 Å². The number of halogens is 2. The maximum Gasteiger partial charge on any atom is 0.257 e. The molecule has 6 heteroatoms. The Bertz CT molecular complexity index is 291. The molecule has 86 valence electrons. The second kappa shape index (κ2) is 5.65. The van der Waals surface area contributed by atoms with Gasteiger partial charge in [-0.15, -0.1) is 0 Å². The first-order valence-electron chi connectivity index (χ1n) is 4.68. The number of anilines is 1. The van der Waals surface area contributed by atoms with Crippen molar-refractivity contribution in [1.82, 2.24) is 9.78 Å². The van der Waals surface area contributed by atoms with Gasteiger partial charge in [0.05, 0.1) is 18.5 Å². The highest BCUT2D eigenvalue weighted by Crippen LogP contribution is 2.08. The zero-order valence-electron chi connectivity index (χ0n) is 8.78. The molecule has 15 heavy (non-hydrogen) atoms. The third-order valence-corrected chi connectivity index (χ3v) is 1.79. The lowest BCUT2D eigenvalue weighted by atomic mass is 10.3. The van der Waals surface area contributed by atoms with Crippen molar-refractivity contribution in [1.29, 1.82) is 0 Å². The Labute approximate surface area is 87.2 Å². The van der Waals surface area contributed by atoms with Crippen molar-refractivity contribution in [3.63, 3.8) is 0 Å². The van der Waals surface area contributed by atoms with Crippen molar-refractivity contribution >= 4 is 5.69 Å². The number of methoxy groups -OCH3 is 1.